The Morgan fingerprint density at radius 1 is 1.14 bits per heavy atom. The normalized spacial score (nSPS) is 29.7. The molecule has 0 amide bonds. The highest BCUT2D eigenvalue weighted by Gasteiger charge is 2.50. The summed E-state index contributed by atoms with van der Waals surface area (Å²) in [5, 5.41) is 23.3. The molecule has 0 spiro atoms. The maximum atomic E-state index is 9.64. The van der Waals surface area contributed by atoms with Crippen molar-refractivity contribution in [3.63, 3.8) is 0 Å². The van der Waals surface area contributed by atoms with Crippen LogP contribution in [-0.2, 0) is 4.84 Å². The lowest BCUT2D eigenvalue weighted by molar-refractivity contribution is 0.0198. The minimum atomic E-state index is -0.162. The third-order valence-corrected chi connectivity index (χ3v) is 4.67. The molecule has 1 aromatic carbocycles. The first-order chi connectivity index (χ1) is 10.7. The van der Waals surface area contributed by atoms with Crippen molar-refractivity contribution in [2.45, 2.75) is 12.5 Å². The summed E-state index contributed by atoms with van der Waals surface area (Å²) < 4.78 is 10.6. The summed E-state index contributed by atoms with van der Waals surface area (Å²) in [6.07, 6.45) is 0.583. The first kappa shape index (κ1) is 15.1. The molecule has 0 saturated heterocycles. The Hall–Kier alpha value is -1.79. The third-order valence-electron chi connectivity index (χ3n) is 4.67. The van der Waals surface area contributed by atoms with Gasteiger partial charge < -0.3 is 24.5 Å². The number of methoxy groups -OCH3 is 2. The second kappa shape index (κ2) is 6.14. The first-order valence-electron chi connectivity index (χ1n) is 7.41. The Morgan fingerprint density at radius 3 is 2.50 bits per heavy atom. The molecule has 1 fully saturated rings. The molecule has 1 aromatic rings. The maximum Gasteiger partial charge on any atom is 0.161 e. The number of hydrogen-bond acceptors (Lipinski definition) is 6. The molecule has 0 radical (unpaired) electrons. The van der Waals surface area contributed by atoms with Crippen LogP contribution in [0.15, 0.2) is 23.4 Å². The highest BCUT2D eigenvalue weighted by atomic mass is 16.6. The zero-order valence-corrected chi connectivity index (χ0v) is 12.7. The average Bonchev–Trinajstić information content (AvgIpc) is 3.14. The molecule has 0 bridgehead atoms. The number of fused-ring (bicyclic) bond motifs is 1. The molecule has 2 N–H and O–H groups in total. The number of aliphatic hydroxyl groups excluding tert-OH is 2. The van der Waals surface area contributed by atoms with E-state index in [1.54, 1.807) is 14.2 Å². The van der Waals surface area contributed by atoms with Crippen LogP contribution in [0.3, 0.4) is 0 Å². The van der Waals surface area contributed by atoms with Crippen LogP contribution in [0, 0.1) is 17.8 Å². The van der Waals surface area contributed by atoms with Crippen LogP contribution >= 0.6 is 0 Å². The molecular formula is C16H21NO5. The first-order valence-corrected chi connectivity index (χ1v) is 7.41. The molecule has 120 valence electrons. The summed E-state index contributed by atoms with van der Waals surface area (Å²) in [5.41, 5.74) is 1.70. The van der Waals surface area contributed by atoms with E-state index in [1.807, 2.05) is 18.2 Å². The van der Waals surface area contributed by atoms with Gasteiger partial charge in [-0.25, -0.2) is 0 Å². The van der Waals surface area contributed by atoms with Gasteiger partial charge in [-0.3, -0.25) is 0 Å². The molecule has 4 atom stereocenters. The summed E-state index contributed by atoms with van der Waals surface area (Å²) in [6.45, 7) is 0.111. The fraction of sp³-hybridized carbons (Fsp3) is 0.562. The predicted octanol–water partition coefficient (Wildman–Crippen LogP) is 1.04. The van der Waals surface area contributed by atoms with Crippen LogP contribution in [0.2, 0.25) is 0 Å². The van der Waals surface area contributed by atoms with E-state index in [2.05, 4.69) is 5.16 Å². The zero-order chi connectivity index (χ0) is 15.7. The van der Waals surface area contributed by atoms with Crippen molar-refractivity contribution in [3.05, 3.63) is 23.8 Å². The standard InChI is InChI=1S/C16H21NO5/c1-20-12-4-3-9(6-13(12)21-2)15-14-10(7-18)5-11(8-19)16(14)22-17-15/h3-4,6,10-11,14,16,18-19H,5,7-8H2,1-2H3/t10-,11+,14-,16-/m1/s1. The van der Waals surface area contributed by atoms with Crippen molar-refractivity contribution < 1.29 is 24.5 Å². The Bertz CT molecular complexity index is 574. The van der Waals surface area contributed by atoms with E-state index in [0.717, 1.165) is 17.7 Å². The second-order valence-electron chi connectivity index (χ2n) is 5.76. The smallest absolute Gasteiger partial charge is 0.161 e. The largest absolute Gasteiger partial charge is 0.493 e. The summed E-state index contributed by atoms with van der Waals surface area (Å²) in [4.78, 5) is 5.55. The van der Waals surface area contributed by atoms with Crippen molar-refractivity contribution in [3.8, 4) is 11.5 Å². The Morgan fingerprint density at radius 2 is 1.86 bits per heavy atom. The van der Waals surface area contributed by atoms with E-state index in [4.69, 9.17) is 14.3 Å². The predicted molar refractivity (Wildman–Crippen MR) is 80.2 cm³/mol. The van der Waals surface area contributed by atoms with Crippen molar-refractivity contribution in [1.29, 1.82) is 0 Å². The molecule has 1 heterocycles. The van der Waals surface area contributed by atoms with E-state index in [9.17, 15) is 10.2 Å². The Balaban J connectivity index is 1.92. The highest BCUT2D eigenvalue weighted by Crippen LogP contribution is 2.44. The van der Waals surface area contributed by atoms with Crippen LogP contribution in [-0.4, -0.2) is 49.5 Å². The fourth-order valence-electron chi connectivity index (χ4n) is 3.55. The van der Waals surface area contributed by atoms with Gasteiger partial charge in [0.1, 0.15) is 6.10 Å². The number of oxime groups is 1. The third kappa shape index (κ3) is 2.32. The number of benzene rings is 1. The summed E-state index contributed by atoms with van der Waals surface area (Å²) in [6, 6.07) is 5.60. The van der Waals surface area contributed by atoms with Gasteiger partial charge in [0.2, 0.25) is 0 Å². The molecule has 1 aliphatic carbocycles. The molecule has 0 unspecified atom stereocenters. The Kier molecular flexibility index (Phi) is 4.22. The summed E-state index contributed by atoms with van der Waals surface area (Å²) >= 11 is 0. The van der Waals surface area contributed by atoms with Crippen molar-refractivity contribution >= 4 is 5.71 Å². The topological polar surface area (TPSA) is 80.5 Å². The zero-order valence-electron chi connectivity index (χ0n) is 12.7. The van der Waals surface area contributed by atoms with Crippen molar-refractivity contribution in [1.82, 2.24) is 0 Å². The molecular weight excluding hydrogens is 286 g/mol. The number of rotatable bonds is 5. The van der Waals surface area contributed by atoms with Crippen LogP contribution in [0.5, 0.6) is 11.5 Å². The van der Waals surface area contributed by atoms with Gasteiger partial charge in [0, 0.05) is 24.7 Å². The van der Waals surface area contributed by atoms with Crippen LogP contribution in [0.1, 0.15) is 12.0 Å². The molecule has 6 heteroatoms. The van der Waals surface area contributed by atoms with Gasteiger partial charge in [-0.1, -0.05) is 5.16 Å². The number of hydrogen-bond donors (Lipinski definition) is 2. The fourth-order valence-corrected chi connectivity index (χ4v) is 3.55. The molecule has 2 aliphatic rings. The molecule has 3 rings (SSSR count). The van der Waals surface area contributed by atoms with E-state index in [1.165, 1.54) is 0 Å². The van der Waals surface area contributed by atoms with Gasteiger partial charge in [0.15, 0.2) is 11.5 Å². The van der Waals surface area contributed by atoms with Crippen molar-refractivity contribution in [2.24, 2.45) is 22.9 Å². The molecule has 1 aliphatic heterocycles. The van der Waals surface area contributed by atoms with Crippen LogP contribution in [0.4, 0.5) is 0 Å². The van der Waals surface area contributed by atoms with Gasteiger partial charge >= 0.3 is 0 Å². The monoisotopic (exact) mass is 307 g/mol. The molecule has 1 saturated carbocycles. The quantitative estimate of drug-likeness (QED) is 0.849. The number of nitrogens with zero attached hydrogens (tertiary/aromatic N) is 1. The summed E-state index contributed by atoms with van der Waals surface area (Å²) in [7, 11) is 3.18. The lowest BCUT2D eigenvalue weighted by atomic mass is 9.87. The van der Waals surface area contributed by atoms with Gasteiger partial charge in [0.25, 0.3) is 0 Å². The van der Waals surface area contributed by atoms with E-state index in [-0.39, 0.29) is 37.1 Å². The van der Waals surface area contributed by atoms with Crippen LogP contribution < -0.4 is 9.47 Å². The lowest BCUT2D eigenvalue weighted by Crippen LogP contribution is -2.28. The minimum absolute atomic E-state index is 0.000232. The van der Waals surface area contributed by atoms with Crippen molar-refractivity contribution in [2.75, 3.05) is 27.4 Å². The van der Waals surface area contributed by atoms with Gasteiger partial charge in [0.05, 0.1) is 25.8 Å². The molecule has 0 aromatic heterocycles. The maximum absolute atomic E-state index is 9.64. The van der Waals surface area contributed by atoms with E-state index < -0.39 is 0 Å². The van der Waals surface area contributed by atoms with Gasteiger partial charge in [-0.2, -0.15) is 0 Å². The van der Waals surface area contributed by atoms with Gasteiger partial charge in [-0.05, 0) is 30.5 Å². The minimum Gasteiger partial charge on any atom is -0.493 e. The van der Waals surface area contributed by atoms with E-state index >= 15 is 0 Å². The summed E-state index contributed by atoms with van der Waals surface area (Å²) in [5.74, 6) is 1.35. The second-order valence-corrected chi connectivity index (χ2v) is 5.76. The molecule has 22 heavy (non-hydrogen) atoms. The SMILES string of the molecule is COc1ccc(C2=NO[C@@H]3[C@H](CO)C[C@H](CO)[C@H]23)cc1OC. The lowest BCUT2D eigenvalue weighted by Gasteiger charge is -2.17. The highest BCUT2D eigenvalue weighted by molar-refractivity contribution is 6.04. The molecule has 6 nitrogen and oxygen atoms in total. The van der Waals surface area contributed by atoms with E-state index in [0.29, 0.717) is 11.5 Å². The Labute approximate surface area is 129 Å². The number of ether oxygens (including phenoxy) is 2. The van der Waals surface area contributed by atoms with Crippen LogP contribution in [0.25, 0.3) is 0 Å². The van der Waals surface area contributed by atoms with Gasteiger partial charge in [-0.15, -0.1) is 0 Å². The average molecular weight is 307 g/mol. The number of aliphatic hydroxyl groups is 2.